The molecule has 1 aromatic heterocycles. The summed E-state index contributed by atoms with van der Waals surface area (Å²) in [6, 6.07) is 0. The SMILES string of the molecule is CCCNc1nc(CS(C)(=O)=O)nc(C(C)(C)C)c1I. The summed E-state index contributed by atoms with van der Waals surface area (Å²) in [5, 5.41) is 3.25. The topological polar surface area (TPSA) is 72.0 Å². The highest BCUT2D eigenvalue weighted by molar-refractivity contribution is 14.1. The average molecular weight is 411 g/mol. The van der Waals surface area contributed by atoms with Crippen molar-refractivity contribution in [3.8, 4) is 0 Å². The zero-order valence-corrected chi connectivity index (χ0v) is 15.6. The number of nitrogens with zero attached hydrogens (tertiary/aromatic N) is 2. The maximum atomic E-state index is 11.5. The van der Waals surface area contributed by atoms with Gasteiger partial charge in [0.05, 0.1) is 9.26 Å². The smallest absolute Gasteiger partial charge is 0.154 e. The van der Waals surface area contributed by atoms with Gasteiger partial charge in [0.15, 0.2) is 9.84 Å². The first kappa shape index (κ1) is 17.6. The van der Waals surface area contributed by atoms with Crippen LogP contribution in [-0.2, 0) is 21.0 Å². The van der Waals surface area contributed by atoms with Crippen LogP contribution in [0.4, 0.5) is 5.82 Å². The molecule has 0 radical (unpaired) electrons. The second kappa shape index (κ2) is 6.55. The van der Waals surface area contributed by atoms with E-state index in [0.717, 1.165) is 28.0 Å². The average Bonchev–Trinajstić information content (AvgIpc) is 2.26. The van der Waals surface area contributed by atoms with Crippen molar-refractivity contribution in [3.63, 3.8) is 0 Å². The molecule has 7 heteroatoms. The zero-order valence-electron chi connectivity index (χ0n) is 12.6. The molecule has 0 saturated carbocycles. The van der Waals surface area contributed by atoms with E-state index in [1.54, 1.807) is 0 Å². The molecule has 0 aliphatic rings. The first-order valence-electron chi connectivity index (χ1n) is 6.53. The fourth-order valence-electron chi connectivity index (χ4n) is 1.65. The van der Waals surface area contributed by atoms with Crippen LogP contribution < -0.4 is 5.32 Å². The van der Waals surface area contributed by atoms with Gasteiger partial charge in [-0.1, -0.05) is 27.7 Å². The maximum absolute atomic E-state index is 11.5. The third-order valence-corrected chi connectivity index (χ3v) is 4.35. The van der Waals surface area contributed by atoms with Crippen molar-refractivity contribution < 1.29 is 8.42 Å². The second-order valence-electron chi connectivity index (χ2n) is 5.90. The monoisotopic (exact) mass is 411 g/mol. The Hall–Kier alpha value is -0.440. The Bertz CT molecular complexity index is 580. The van der Waals surface area contributed by atoms with Gasteiger partial charge in [0.2, 0.25) is 0 Å². The minimum atomic E-state index is -3.14. The Balaban J connectivity index is 3.33. The summed E-state index contributed by atoms with van der Waals surface area (Å²) in [4.78, 5) is 8.82. The van der Waals surface area contributed by atoms with Crippen LogP contribution in [0.25, 0.3) is 0 Å². The Kier molecular flexibility index (Phi) is 5.77. The lowest BCUT2D eigenvalue weighted by molar-refractivity contribution is 0.558. The molecule has 5 nitrogen and oxygen atoms in total. The van der Waals surface area contributed by atoms with Crippen LogP contribution in [0.2, 0.25) is 0 Å². The highest BCUT2D eigenvalue weighted by atomic mass is 127. The van der Waals surface area contributed by atoms with Crippen molar-refractivity contribution in [1.29, 1.82) is 0 Å². The van der Waals surface area contributed by atoms with Gasteiger partial charge in [0, 0.05) is 18.2 Å². The van der Waals surface area contributed by atoms with E-state index in [4.69, 9.17) is 0 Å². The summed E-state index contributed by atoms with van der Waals surface area (Å²) in [6.45, 7) is 9.06. The zero-order chi connectivity index (χ0) is 15.6. The summed E-state index contributed by atoms with van der Waals surface area (Å²) in [7, 11) is -3.14. The van der Waals surface area contributed by atoms with Gasteiger partial charge in [-0.3, -0.25) is 0 Å². The van der Waals surface area contributed by atoms with Crippen molar-refractivity contribution in [2.24, 2.45) is 0 Å². The van der Waals surface area contributed by atoms with E-state index in [1.807, 2.05) is 0 Å². The molecule has 0 saturated heterocycles. The van der Waals surface area contributed by atoms with Gasteiger partial charge in [0.25, 0.3) is 0 Å². The summed E-state index contributed by atoms with van der Waals surface area (Å²) in [5.74, 6) is 0.954. The summed E-state index contributed by atoms with van der Waals surface area (Å²) < 4.78 is 23.9. The lowest BCUT2D eigenvalue weighted by Gasteiger charge is -2.22. The third kappa shape index (κ3) is 5.16. The third-order valence-electron chi connectivity index (χ3n) is 2.54. The molecule has 1 rings (SSSR count). The van der Waals surface area contributed by atoms with Gasteiger partial charge in [-0.15, -0.1) is 0 Å². The number of rotatable bonds is 5. The van der Waals surface area contributed by atoms with Crippen LogP contribution in [0, 0.1) is 3.57 Å². The van der Waals surface area contributed by atoms with E-state index in [1.165, 1.54) is 6.26 Å². The van der Waals surface area contributed by atoms with Gasteiger partial charge in [-0.25, -0.2) is 18.4 Å². The number of anilines is 1. The van der Waals surface area contributed by atoms with E-state index in [-0.39, 0.29) is 11.2 Å². The molecule has 0 amide bonds. The van der Waals surface area contributed by atoms with Gasteiger partial charge in [-0.05, 0) is 29.0 Å². The maximum Gasteiger partial charge on any atom is 0.154 e. The molecule has 0 spiro atoms. The predicted molar refractivity (Wildman–Crippen MR) is 90.8 cm³/mol. The number of halogens is 1. The number of nitrogens with one attached hydrogen (secondary N) is 1. The normalized spacial score (nSPS) is 12.5. The first-order chi connectivity index (χ1) is 9.04. The molecule has 0 aromatic carbocycles. The predicted octanol–water partition coefficient (Wildman–Crippen LogP) is 2.75. The van der Waals surface area contributed by atoms with Crippen molar-refractivity contribution >= 4 is 38.2 Å². The fourth-order valence-corrected chi connectivity index (χ4v) is 3.49. The van der Waals surface area contributed by atoms with Crippen LogP contribution in [0.3, 0.4) is 0 Å². The molecule has 0 fully saturated rings. The van der Waals surface area contributed by atoms with E-state index < -0.39 is 9.84 Å². The quantitative estimate of drug-likeness (QED) is 0.755. The lowest BCUT2D eigenvalue weighted by Crippen LogP contribution is -2.21. The largest absolute Gasteiger partial charge is 0.369 e. The van der Waals surface area contributed by atoms with Gasteiger partial charge in [-0.2, -0.15) is 0 Å². The fraction of sp³-hybridized carbons (Fsp3) is 0.692. The molecule has 0 bridgehead atoms. The van der Waals surface area contributed by atoms with Gasteiger partial charge < -0.3 is 5.32 Å². The van der Waals surface area contributed by atoms with Crippen LogP contribution in [0.5, 0.6) is 0 Å². The van der Waals surface area contributed by atoms with Crippen molar-refractivity contribution in [2.45, 2.75) is 45.3 Å². The van der Waals surface area contributed by atoms with Gasteiger partial charge in [0.1, 0.15) is 17.4 Å². The highest BCUT2D eigenvalue weighted by Crippen LogP contribution is 2.29. The Morgan fingerprint density at radius 3 is 2.30 bits per heavy atom. The van der Waals surface area contributed by atoms with E-state index in [0.29, 0.717) is 5.82 Å². The van der Waals surface area contributed by atoms with E-state index >= 15 is 0 Å². The van der Waals surface area contributed by atoms with Gasteiger partial charge >= 0.3 is 0 Å². The Morgan fingerprint density at radius 2 is 1.85 bits per heavy atom. The number of hydrogen-bond donors (Lipinski definition) is 1. The van der Waals surface area contributed by atoms with Crippen molar-refractivity contribution in [1.82, 2.24) is 9.97 Å². The standard InChI is InChI=1S/C13H22IN3O2S/c1-6-7-15-12-10(14)11(13(2,3)4)16-9(17-12)8-20(5,18)19/h6-8H2,1-5H3,(H,15,16,17). The minimum Gasteiger partial charge on any atom is -0.369 e. The molecule has 1 heterocycles. The Morgan fingerprint density at radius 1 is 1.25 bits per heavy atom. The molecule has 114 valence electrons. The van der Waals surface area contributed by atoms with Crippen LogP contribution in [0.15, 0.2) is 0 Å². The molecular formula is C13H22IN3O2S. The van der Waals surface area contributed by atoms with Crippen molar-refractivity contribution in [2.75, 3.05) is 18.1 Å². The minimum absolute atomic E-state index is 0.131. The summed E-state index contributed by atoms with van der Waals surface area (Å²) in [6.07, 6.45) is 2.18. The van der Waals surface area contributed by atoms with Crippen molar-refractivity contribution in [3.05, 3.63) is 15.1 Å². The van der Waals surface area contributed by atoms with E-state index in [2.05, 4.69) is 65.6 Å². The Labute approximate surface area is 135 Å². The van der Waals surface area contributed by atoms with Crippen LogP contribution in [-0.4, -0.2) is 31.2 Å². The number of sulfone groups is 1. The van der Waals surface area contributed by atoms with Crippen LogP contribution >= 0.6 is 22.6 Å². The number of aromatic nitrogens is 2. The highest BCUT2D eigenvalue weighted by Gasteiger charge is 2.24. The lowest BCUT2D eigenvalue weighted by atomic mass is 9.92. The molecular weight excluding hydrogens is 389 g/mol. The molecule has 0 aliphatic carbocycles. The molecule has 0 unspecified atom stereocenters. The molecule has 1 N–H and O–H groups in total. The summed E-state index contributed by atoms with van der Waals surface area (Å²) >= 11 is 2.22. The second-order valence-corrected chi connectivity index (χ2v) is 9.12. The molecule has 20 heavy (non-hydrogen) atoms. The molecule has 1 aromatic rings. The summed E-state index contributed by atoms with van der Waals surface area (Å²) in [5.41, 5.74) is 0.722. The first-order valence-corrected chi connectivity index (χ1v) is 9.67. The van der Waals surface area contributed by atoms with E-state index in [9.17, 15) is 8.42 Å². The number of hydrogen-bond acceptors (Lipinski definition) is 5. The molecule has 0 aliphatic heterocycles. The van der Waals surface area contributed by atoms with Crippen LogP contribution in [0.1, 0.15) is 45.6 Å². The molecule has 0 atom stereocenters.